The molecule has 0 aromatic heterocycles. The molecule has 1 aliphatic carbocycles. The van der Waals surface area contributed by atoms with Gasteiger partial charge in [-0.1, -0.05) is 0 Å². The highest BCUT2D eigenvalue weighted by atomic mass is 79.9. The number of amides is 1. The van der Waals surface area contributed by atoms with Gasteiger partial charge in [0.25, 0.3) is 5.91 Å². The van der Waals surface area contributed by atoms with Crippen molar-refractivity contribution in [3.63, 3.8) is 0 Å². The van der Waals surface area contributed by atoms with Crippen molar-refractivity contribution >= 4 is 34.2 Å². The van der Waals surface area contributed by atoms with E-state index in [-0.39, 0.29) is 23.9 Å². The Morgan fingerprint density at radius 3 is 2.74 bits per heavy atom. The van der Waals surface area contributed by atoms with E-state index in [0.29, 0.717) is 17.9 Å². The zero-order chi connectivity index (χ0) is 13.2. The number of benzene rings is 1. The lowest BCUT2D eigenvalue weighted by molar-refractivity contribution is 0.0928. The summed E-state index contributed by atoms with van der Waals surface area (Å²) in [5.74, 6) is 0.534. The topological polar surface area (TPSA) is 64.3 Å². The SMILES string of the molecule is COc1ccc(Br)c(C(=O)NCC2(N)CCC2)c1.Cl. The zero-order valence-electron chi connectivity index (χ0n) is 10.7. The van der Waals surface area contributed by atoms with Crippen LogP contribution in [0, 0.1) is 0 Å². The summed E-state index contributed by atoms with van der Waals surface area (Å²) in [6.45, 7) is 0.523. The van der Waals surface area contributed by atoms with Crippen molar-refractivity contribution in [2.24, 2.45) is 5.73 Å². The lowest BCUT2D eigenvalue weighted by Crippen LogP contribution is -2.54. The Balaban J connectivity index is 0.00000180. The van der Waals surface area contributed by atoms with Gasteiger partial charge in [0.05, 0.1) is 12.7 Å². The van der Waals surface area contributed by atoms with Crippen molar-refractivity contribution in [2.75, 3.05) is 13.7 Å². The van der Waals surface area contributed by atoms with E-state index in [0.717, 1.165) is 23.7 Å². The molecule has 3 N–H and O–H groups in total. The van der Waals surface area contributed by atoms with Gasteiger partial charge in [0.1, 0.15) is 5.75 Å². The first kappa shape index (κ1) is 16.3. The predicted octanol–water partition coefficient (Wildman–Crippen LogP) is 2.49. The first-order valence-electron chi connectivity index (χ1n) is 5.95. The Morgan fingerprint density at radius 1 is 1.53 bits per heavy atom. The monoisotopic (exact) mass is 348 g/mol. The molecule has 0 saturated heterocycles. The Morgan fingerprint density at radius 2 is 2.21 bits per heavy atom. The second-order valence-electron chi connectivity index (χ2n) is 4.74. The molecule has 6 heteroatoms. The molecule has 1 saturated carbocycles. The summed E-state index contributed by atoms with van der Waals surface area (Å²) in [4.78, 5) is 12.1. The maximum Gasteiger partial charge on any atom is 0.252 e. The van der Waals surface area contributed by atoms with Gasteiger partial charge in [-0.2, -0.15) is 0 Å². The Labute approximate surface area is 127 Å². The summed E-state index contributed by atoms with van der Waals surface area (Å²) in [5.41, 5.74) is 6.43. The number of ether oxygens (including phenoxy) is 1. The van der Waals surface area contributed by atoms with Crippen LogP contribution in [0.3, 0.4) is 0 Å². The minimum atomic E-state index is -0.207. The van der Waals surface area contributed by atoms with Crippen LogP contribution < -0.4 is 15.8 Å². The maximum absolute atomic E-state index is 12.1. The average molecular weight is 350 g/mol. The van der Waals surface area contributed by atoms with Gasteiger partial charge in [0.15, 0.2) is 0 Å². The Kier molecular flexibility index (Phi) is 5.64. The second kappa shape index (κ2) is 6.59. The fraction of sp³-hybridized carbons (Fsp3) is 0.462. The average Bonchev–Trinajstić information content (AvgIpc) is 2.34. The molecule has 0 unspecified atom stereocenters. The number of carbonyl (C=O) groups is 1. The van der Waals surface area contributed by atoms with E-state index >= 15 is 0 Å². The number of nitrogens with one attached hydrogen (secondary N) is 1. The third-order valence-electron chi connectivity index (χ3n) is 3.37. The lowest BCUT2D eigenvalue weighted by atomic mass is 9.78. The van der Waals surface area contributed by atoms with Crippen molar-refractivity contribution in [1.29, 1.82) is 0 Å². The van der Waals surface area contributed by atoms with Crippen LogP contribution in [-0.2, 0) is 0 Å². The Hall–Kier alpha value is -0.780. The molecule has 1 aliphatic rings. The number of halogens is 2. The minimum absolute atomic E-state index is 0. The van der Waals surface area contributed by atoms with Gasteiger partial charge in [-0.3, -0.25) is 4.79 Å². The van der Waals surface area contributed by atoms with Gasteiger partial charge < -0.3 is 15.8 Å². The van der Waals surface area contributed by atoms with Crippen molar-refractivity contribution in [3.05, 3.63) is 28.2 Å². The first-order chi connectivity index (χ1) is 8.54. The molecule has 0 spiro atoms. The van der Waals surface area contributed by atoms with Gasteiger partial charge in [0.2, 0.25) is 0 Å². The summed E-state index contributed by atoms with van der Waals surface area (Å²) in [7, 11) is 1.58. The molecule has 0 heterocycles. The van der Waals surface area contributed by atoms with E-state index in [4.69, 9.17) is 10.5 Å². The van der Waals surface area contributed by atoms with Crippen LogP contribution in [0.4, 0.5) is 0 Å². The van der Waals surface area contributed by atoms with Crippen molar-refractivity contribution < 1.29 is 9.53 Å². The number of methoxy groups -OCH3 is 1. The van der Waals surface area contributed by atoms with Crippen LogP contribution in [-0.4, -0.2) is 25.1 Å². The van der Waals surface area contributed by atoms with E-state index in [2.05, 4.69) is 21.2 Å². The van der Waals surface area contributed by atoms with E-state index in [1.54, 1.807) is 25.3 Å². The van der Waals surface area contributed by atoms with E-state index in [1.165, 1.54) is 0 Å². The fourth-order valence-corrected chi connectivity index (χ4v) is 2.39. The highest BCUT2D eigenvalue weighted by Crippen LogP contribution is 2.28. The van der Waals surface area contributed by atoms with Crippen LogP contribution in [0.2, 0.25) is 0 Å². The van der Waals surface area contributed by atoms with E-state index < -0.39 is 0 Å². The second-order valence-corrected chi connectivity index (χ2v) is 5.60. The van der Waals surface area contributed by atoms with Crippen LogP contribution >= 0.6 is 28.3 Å². The van der Waals surface area contributed by atoms with Gasteiger partial charge in [0, 0.05) is 16.6 Å². The molecule has 1 aromatic carbocycles. The Bertz CT molecular complexity index is 464. The molecule has 0 bridgehead atoms. The van der Waals surface area contributed by atoms with Crippen LogP contribution in [0.5, 0.6) is 5.75 Å². The molecule has 2 rings (SSSR count). The molecule has 1 fully saturated rings. The zero-order valence-corrected chi connectivity index (χ0v) is 13.1. The molecule has 106 valence electrons. The van der Waals surface area contributed by atoms with Gasteiger partial charge in [-0.25, -0.2) is 0 Å². The van der Waals surface area contributed by atoms with E-state index in [9.17, 15) is 4.79 Å². The van der Waals surface area contributed by atoms with Crippen molar-refractivity contribution in [3.8, 4) is 5.75 Å². The summed E-state index contributed by atoms with van der Waals surface area (Å²) >= 11 is 3.36. The first-order valence-corrected chi connectivity index (χ1v) is 6.74. The fourth-order valence-electron chi connectivity index (χ4n) is 1.96. The molecular formula is C13H18BrClN2O2. The molecule has 1 aromatic rings. The molecule has 19 heavy (non-hydrogen) atoms. The number of rotatable bonds is 4. The van der Waals surface area contributed by atoms with Gasteiger partial charge >= 0.3 is 0 Å². The quantitative estimate of drug-likeness (QED) is 0.878. The van der Waals surface area contributed by atoms with Crippen LogP contribution in [0.1, 0.15) is 29.6 Å². The third kappa shape index (κ3) is 3.84. The van der Waals surface area contributed by atoms with Crippen LogP contribution in [0.15, 0.2) is 22.7 Å². The summed E-state index contributed by atoms with van der Waals surface area (Å²) < 4.78 is 5.86. The summed E-state index contributed by atoms with van der Waals surface area (Å²) in [6, 6.07) is 5.32. The number of carbonyl (C=O) groups excluding carboxylic acids is 1. The molecule has 4 nitrogen and oxygen atoms in total. The standard InChI is InChI=1S/C13H17BrN2O2.ClH/c1-18-9-3-4-11(14)10(7-9)12(17)16-8-13(15)5-2-6-13;/h3-4,7H,2,5-6,8,15H2,1H3,(H,16,17);1H. The smallest absolute Gasteiger partial charge is 0.252 e. The number of nitrogens with two attached hydrogens (primary N) is 1. The molecular weight excluding hydrogens is 332 g/mol. The molecule has 0 aliphatic heterocycles. The van der Waals surface area contributed by atoms with Crippen molar-refractivity contribution in [2.45, 2.75) is 24.8 Å². The summed E-state index contributed by atoms with van der Waals surface area (Å²) in [5, 5.41) is 2.88. The molecule has 0 radical (unpaired) electrons. The highest BCUT2D eigenvalue weighted by Gasteiger charge is 2.32. The molecule has 0 atom stereocenters. The number of hydrogen-bond donors (Lipinski definition) is 2. The van der Waals surface area contributed by atoms with Gasteiger partial charge in [-0.15, -0.1) is 12.4 Å². The third-order valence-corrected chi connectivity index (χ3v) is 4.06. The predicted molar refractivity (Wildman–Crippen MR) is 81.0 cm³/mol. The van der Waals surface area contributed by atoms with Crippen LogP contribution in [0.25, 0.3) is 0 Å². The lowest BCUT2D eigenvalue weighted by Gasteiger charge is -2.38. The molecule has 1 amide bonds. The maximum atomic E-state index is 12.1. The largest absolute Gasteiger partial charge is 0.497 e. The minimum Gasteiger partial charge on any atom is -0.497 e. The van der Waals surface area contributed by atoms with Crippen molar-refractivity contribution in [1.82, 2.24) is 5.32 Å². The normalized spacial score (nSPS) is 15.9. The summed E-state index contributed by atoms with van der Waals surface area (Å²) in [6.07, 6.45) is 3.11. The highest BCUT2D eigenvalue weighted by molar-refractivity contribution is 9.10. The number of hydrogen-bond acceptors (Lipinski definition) is 3. The van der Waals surface area contributed by atoms with Gasteiger partial charge in [-0.05, 0) is 53.4 Å². The van der Waals surface area contributed by atoms with E-state index in [1.807, 2.05) is 0 Å².